The fourth-order valence-electron chi connectivity index (χ4n) is 3.11. The Morgan fingerprint density at radius 3 is 2.44 bits per heavy atom. The Morgan fingerprint density at radius 2 is 1.81 bits per heavy atom. The molecule has 2 aliphatic rings. The van der Waals surface area contributed by atoms with Gasteiger partial charge in [-0.1, -0.05) is 0 Å². The molecule has 0 aliphatic carbocycles. The molecule has 1 aromatic carbocycles. The molecule has 0 bridgehead atoms. The van der Waals surface area contributed by atoms with Gasteiger partial charge in [0.1, 0.15) is 6.04 Å². The maximum atomic E-state index is 12.8. The van der Waals surface area contributed by atoms with Crippen LogP contribution in [0.5, 0.6) is 11.5 Å². The number of ether oxygens (including phenoxy) is 3. The third-order valence-electron chi connectivity index (χ3n) is 4.59. The molecular formula is C20H24N2O10-2. The lowest BCUT2D eigenvalue weighted by Crippen LogP contribution is -2.42. The summed E-state index contributed by atoms with van der Waals surface area (Å²) in [5.41, 5.74) is 0.383. The number of amides is 1. The summed E-state index contributed by atoms with van der Waals surface area (Å²) in [4.78, 5) is 46.4. The molecule has 0 radical (unpaired) electrons. The molecule has 1 fully saturated rings. The number of aliphatic carboxylic acids is 2. The summed E-state index contributed by atoms with van der Waals surface area (Å²) in [5.74, 6) is -4.10. The summed E-state index contributed by atoms with van der Waals surface area (Å²) in [6.45, 7) is 1.32. The van der Waals surface area contributed by atoms with Gasteiger partial charge in [0, 0.05) is 25.1 Å². The molecule has 1 N–H and O–H groups in total. The molecule has 0 spiro atoms. The number of aliphatic hydroxyl groups excluding tert-OH is 1. The van der Waals surface area contributed by atoms with Crippen LogP contribution in [0.2, 0.25) is 0 Å². The normalized spacial score (nSPS) is 18.7. The van der Waals surface area contributed by atoms with Gasteiger partial charge in [0.25, 0.3) is 5.91 Å². The van der Waals surface area contributed by atoms with Gasteiger partial charge in [0.15, 0.2) is 11.5 Å². The fraction of sp³-hybridized carbons (Fsp3) is 0.500. The summed E-state index contributed by atoms with van der Waals surface area (Å²) in [5, 5.41) is 27.8. The van der Waals surface area contributed by atoms with Crippen LogP contribution in [0.15, 0.2) is 18.2 Å². The number of carbonyl (C=O) groups is 4. The highest BCUT2D eigenvalue weighted by Gasteiger charge is 2.40. The van der Waals surface area contributed by atoms with Crippen LogP contribution < -0.4 is 19.7 Å². The first kappa shape index (κ1) is 24.9. The van der Waals surface area contributed by atoms with Crippen LogP contribution in [-0.4, -0.2) is 91.5 Å². The second-order valence-corrected chi connectivity index (χ2v) is 7.33. The highest BCUT2D eigenvalue weighted by molar-refractivity contribution is 6.25. The monoisotopic (exact) mass is 452 g/mol. The van der Waals surface area contributed by atoms with E-state index in [0.717, 1.165) is 6.54 Å². The van der Waals surface area contributed by atoms with Crippen molar-refractivity contribution in [2.45, 2.75) is 25.0 Å². The minimum Gasteiger partial charge on any atom is -0.543 e. The fourth-order valence-corrected chi connectivity index (χ4v) is 3.11. The van der Waals surface area contributed by atoms with Crippen LogP contribution in [-0.2, 0) is 19.1 Å². The number of fused-ring (bicyclic) bond motifs is 1. The number of likely N-dealkylation sites (tertiary alicyclic amines) is 1. The number of β-amino-alcohol motifs (C(OH)–C–C–N with tert-alkyl or cyclic N) is 1. The number of aliphatic hydroxyl groups is 1. The summed E-state index contributed by atoms with van der Waals surface area (Å²) in [7, 11) is 3.89. The predicted molar refractivity (Wildman–Crippen MR) is 102 cm³/mol. The van der Waals surface area contributed by atoms with Gasteiger partial charge in [-0.2, -0.15) is 0 Å². The molecule has 3 rings (SSSR count). The molecule has 0 saturated carbocycles. The molecule has 1 amide bonds. The van der Waals surface area contributed by atoms with Gasteiger partial charge in [0.2, 0.25) is 6.79 Å². The lowest BCUT2D eigenvalue weighted by molar-refractivity contribution is -0.345. The van der Waals surface area contributed by atoms with Crippen molar-refractivity contribution in [3.63, 3.8) is 0 Å². The number of hydrogen-bond donors (Lipinski definition) is 1. The molecule has 2 heterocycles. The van der Waals surface area contributed by atoms with Crippen molar-refractivity contribution in [3.05, 3.63) is 23.8 Å². The average molecular weight is 452 g/mol. The van der Waals surface area contributed by atoms with Gasteiger partial charge in [-0.3, -0.25) is 4.79 Å². The molecule has 32 heavy (non-hydrogen) atoms. The Balaban J connectivity index is 0.000000534. The topological polar surface area (TPSA) is 169 Å². The van der Waals surface area contributed by atoms with Gasteiger partial charge in [-0.05, 0) is 38.7 Å². The molecule has 2 unspecified atom stereocenters. The van der Waals surface area contributed by atoms with Crippen molar-refractivity contribution in [1.82, 2.24) is 9.80 Å². The molecule has 0 aromatic heterocycles. The Kier molecular flexibility index (Phi) is 8.79. The van der Waals surface area contributed by atoms with Crippen LogP contribution in [0.3, 0.4) is 0 Å². The van der Waals surface area contributed by atoms with E-state index in [0.29, 0.717) is 23.5 Å². The van der Waals surface area contributed by atoms with E-state index < -0.39 is 30.1 Å². The zero-order valence-electron chi connectivity index (χ0n) is 17.6. The molecule has 12 heteroatoms. The highest BCUT2D eigenvalue weighted by Crippen LogP contribution is 2.33. The second kappa shape index (κ2) is 11.3. The van der Waals surface area contributed by atoms with Gasteiger partial charge in [-0.25, -0.2) is 4.79 Å². The van der Waals surface area contributed by atoms with Crippen molar-refractivity contribution < 1.29 is 48.7 Å². The number of carbonyl (C=O) groups excluding carboxylic acids is 4. The number of carboxylic acids is 2. The van der Waals surface area contributed by atoms with E-state index in [2.05, 4.69) is 0 Å². The van der Waals surface area contributed by atoms with Crippen LogP contribution in [0.1, 0.15) is 23.2 Å². The van der Waals surface area contributed by atoms with Gasteiger partial charge < -0.3 is 48.9 Å². The quantitative estimate of drug-likeness (QED) is 0.265. The summed E-state index contributed by atoms with van der Waals surface area (Å²) in [6.07, 6.45) is 0.153. The van der Waals surface area contributed by atoms with Gasteiger partial charge in [-0.15, -0.1) is 0 Å². The highest BCUT2D eigenvalue weighted by atomic mass is 16.7. The third kappa shape index (κ3) is 6.82. The SMILES string of the molecule is CN(C)CCCOC(=O)C1CC(O)CN1C(=O)c1ccc2c(c1)OCO2.O=C([O-])C(=O)[O-]. The smallest absolute Gasteiger partial charge is 0.328 e. The van der Waals surface area contributed by atoms with E-state index in [1.807, 2.05) is 19.0 Å². The molecule has 12 nitrogen and oxygen atoms in total. The molecule has 1 aromatic rings. The standard InChI is InChI=1S/C18H24N2O6.C2H2O4/c1-19(2)6-3-7-24-18(23)14-9-13(21)10-20(14)17(22)12-4-5-15-16(8-12)26-11-25-15;3-1(4)2(5)6/h4-5,8,13-14,21H,3,6-7,9-11H2,1-2H3;(H,3,4)(H,5,6)/p-2. The Hall–Kier alpha value is -3.38. The van der Waals surface area contributed by atoms with Gasteiger partial charge >= 0.3 is 5.97 Å². The van der Waals surface area contributed by atoms with E-state index in [-0.39, 0.29) is 32.3 Å². The van der Waals surface area contributed by atoms with Crippen LogP contribution >= 0.6 is 0 Å². The van der Waals surface area contributed by atoms with Crippen molar-refractivity contribution >= 4 is 23.8 Å². The van der Waals surface area contributed by atoms with E-state index in [1.165, 1.54) is 4.90 Å². The van der Waals surface area contributed by atoms with E-state index in [4.69, 9.17) is 34.0 Å². The van der Waals surface area contributed by atoms with Crippen LogP contribution in [0.4, 0.5) is 0 Å². The van der Waals surface area contributed by atoms with E-state index in [1.54, 1.807) is 18.2 Å². The second-order valence-electron chi connectivity index (χ2n) is 7.33. The minimum absolute atomic E-state index is 0.102. The van der Waals surface area contributed by atoms with Crippen molar-refractivity contribution in [2.24, 2.45) is 0 Å². The molecule has 176 valence electrons. The van der Waals surface area contributed by atoms with E-state index in [9.17, 15) is 14.7 Å². The Morgan fingerprint density at radius 1 is 1.16 bits per heavy atom. The molecular weight excluding hydrogens is 428 g/mol. The van der Waals surface area contributed by atoms with Crippen LogP contribution in [0.25, 0.3) is 0 Å². The number of hydrogen-bond acceptors (Lipinski definition) is 11. The van der Waals surface area contributed by atoms with E-state index >= 15 is 0 Å². The average Bonchev–Trinajstić information content (AvgIpc) is 3.36. The number of carboxylic acid groups (broad SMARTS) is 2. The van der Waals surface area contributed by atoms with Crippen molar-refractivity contribution in [3.8, 4) is 11.5 Å². The lowest BCUT2D eigenvalue weighted by atomic mass is 10.1. The van der Waals surface area contributed by atoms with Crippen LogP contribution in [0, 0.1) is 0 Å². The Labute approximate surface area is 183 Å². The van der Waals surface area contributed by atoms with Gasteiger partial charge in [0.05, 0.1) is 24.6 Å². The zero-order chi connectivity index (χ0) is 23.8. The lowest BCUT2D eigenvalue weighted by Gasteiger charge is -2.23. The first-order valence-corrected chi connectivity index (χ1v) is 9.72. The van der Waals surface area contributed by atoms with Crippen molar-refractivity contribution in [2.75, 3.05) is 40.6 Å². The summed E-state index contributed by atoms with van der Waals surface area (Å²) >= 11 is 0. The third-order valence-corrected chi connectivity index (χ3v) is 4.59. The molecule has 2 atom stereocenters. The predicted octanol–water partition coefficient (Wildman–Crippen LogP) is -3.03. The maximum Gasteiger partial charge on any atom is 0.328 e. The number of benzene rings is 1. The first-order chi connectivity index (χ1) is 15.1. The minimum atomic E-state index is -2.19. The number of rotatable bonds is 6. The number of nitrogens with zero attached hydrogens (tertiary/aromatic N) is 2. The zero-order valence-corrected chi connectivity index (χ0v) is 17.6. The molecule has 1 saturated heterocycles. The largest absolute Gasteiger partial charge is 0.543 e. The molecule has 2 aliphatic heterocycles. The summed E-state index contributed by atoms with van der Waals surface area (Å²) < 4.78 is 15.8. The number of esters is 1. The maximum absolute atomic E-state index is 12.8. The Bertz CT molecular complexity index is 845. The van der Waals surface area contributed by atoms with Crippen molar-refractivity contribution in [1.29, 1.82) is 0 Å². The summed E-state index contributed by atoms with van der Waals surface area (Å²) in [6, 6.07) is 4.10. The first-order valence-electron chi connectivity index (χ1n) is 9.72.